The summed E-state index contributed by atoms with van der Waals surface area (Å²) in [5.74, 6) is -0.136. The summed E-state index contributed by atoms with van der Waals surface area (Å²) in [6.45, 7) is 1.47. The molecule has 5 heteroatoms. The van der Waals surface area contributed by atoms with Crippen molar-refractivity contribution in [2.45, 2.75) is 6.92 Å². The lowest BCUT2D eigenvalue weighted by Crippen LogP contribution is -2.10. The molecule has 2 heterocycles. The summed E-state index contributed by atoms with van der Waals surface area (Å²) in [5, 5.41) is 7.25. The van der Waals surface area contributed by atoms with Crippen molar-refractivity contribution in [2.24, 2.45) is 0 Å². The highest BCUT2D eigenvalue weighted by atomic mass is 16.2. The molecule has 0 unspecified atom stereocenters. The predicted molar refractivity (Wildman–Crippen MR) is 64.2 cm³/mol. The third-order valence-corrected chi connectivity index (χ3v) is 2.74. The molecule has 1 aromatic carbocycles. The molecule has 3 rings (SSSR count). The van der Waals surface area contributed by atoms with Crippen LogP contribution < -0.4 is 5.56 Å². The van der Waals surface area contributed by atoms with Crippen molar-refractivity contribution in [1.82, 2.24) is 14.8 Å². The molecule has 0 saturated carbocycles. The first kappa shape index (κ1) is 9.77. The molecule has 0 saturated heterocycles. The summed E-state index contributed by atoms with van der Waals surface area (Å²) in [7, 11) is 0. The highest BCUT2D eigenvalue weighted by Gasteiger charge is 2.14. The van der Waals surface area contributed by atoms with Crippen LogP contribution in [0, 0.1) is 0 Å². The summed E-state index contributed by atoms with van der Waals surface area (Å²) in [6, 6.07) is 8.83. The second kappa shape index (κ2) is 3.28. The summed E-state index contributed by atoms with van der Waals surface area (Å²) >= 11 is 0. The Kier molecular flexibility index (Phi) is 1.89. The van der Waals surface area contributed by atoms with Gasteiger partial charge in [0.1, 0.15) is 5.52 Å². The van der Waals surface area contributed by atoms with Crippen molar-refractivity contribution in [3.63, 3.8) is 0 Å². The van der Waals surface area contributed by atoms with E-state index < -0.39 is 0 Å². The monoisotopic (exact) mass is 227 g/mol. The van der Waals surface area contributed by atoms with Crippen LogP contribution >= 0.6 is 0 Å². The van der Waals surface area contributed by atoms with E-state index in [1.54, 1.807) is 0 Å². The normalized spacial score (nSPS) is 11.1. The molecule has 0 aliphatic heterocycles. The fourth-order valence-corrected chi connectivity index (χ4v) is 2.10. The van der Waals surface area contributed by atoms with E-state index in [4.69, 9.17) is 0 Å². The van der Waals surface area contributed by atoms with Gasteiger partial charge in [-0.2, -0.15) is 5.10 Å². The lowest BCUT2D eigenvalue weighted by atomic mass is 10.2. The van der Waals surface area contributed by atoms with Gasteiger partial charge in [0.05, 0.1) is 11.0 Å². The highest BCUT2D eigenvalue weighted by molar-refractivity contribution is 6.10. The Morgan fingerprint density at radius 3 is 2.82 bits per heavy atom. The SMILES string of the molecule is CC(=O)n1c2ccccc2c2n[nH]c(=O)cc21. The summed E-state index contributed by atoms with van der Waals surface area (Å²) in [6.07, 6.45) is 0. The molecule has 84 valence electrons. The smallest absolute Gasteiger partial charge is 0.266 e. The van der Waals surface area contributed by atoms with Crippen molar-refractivity contribution < 1.29 is 4.79 Å². The zero-order valence-corrected chi connectivity index (χ0v) is 9.10. The van der Waals surface area contributed by atoms with Crippen LogP contribution in [0.15, 0.2) is 35.1 Å². The second-order valence-corrected chi connectivity index (χ2v) is 3.84. The van der Waals surface area contributed by atoms with Crippen LogP contribution in [0.4, 0.5) is 0 Å². The van der Waals surface area contributed by atoms with Crippen LogP contribution in [-0.4, -0.2) is 20.7 Å². The third-order valence-electron chi connectivity index (χ3n) is 2.74. The molecule has 0 aliphatic rings. The van der Waals surface area contributed by atoms with Crippen LogP contribution in [0.3, 0.4) is 0 Å². The molecule has 17 heavy (non-hydrogen) atoms. The molecule has 0 atom stereocenters. The molecule has 0 radical (unpaired) electrons. The van der Waals surface area contributed by atoms with Gasteiger partial charge < -0.3 is 0 Å². The first-order chi connectivity index (χ1) is 8.18. The second-order valence-electron chi connectivity index (χ2n) is 3.84. The number of hydrogen-bond donors (Lipinski definition) is 1. The largest absolute Gasteiger partial charge is 0.278 e. The molecule has 2 aromatic heterocycles. The summed E-state index contributed by atoms with van der Waals surface area (Å²) in [5.41, 5.74) is 1.63. The van der Waals surface area contributed by atoms with Gasteiger partial charge in [-0.3, -0.25) is 14.2 Å². The van der Waals surface area contributed by atoms with Gasteiger partial charge in [-0.15, -0.1) is 0 Å². The van der Waals surface area contributed by atoms with E-state index in [-0.39, 0.29) is 11.5 Å². The number of nitrogens with one attached hydrogen (secondary N) is 1. The number of nitrogens with zero attached hydrogens (tertiary/aromatic N) is 2. The molecule has 5 nitrogen and oxygen atoms in total. The number of carbonyl (C=O) groups is 1. The van der Waals surface area contributed by atoms with E-state index in [9.17, 15) is 9.59 Å². The maximum Gasteiger partial charge on any atom is 0.266 e. The van der Waals surface area contributed by atoms with Crippen molar-refractivity contribution in [3.05, 3.63) is 40.7 Å². The average Bonchev–Trinajstić information content (AvgIpc) is 2.62. The molecular formula is C12H9N3O2. The van der Waals surface area contributed by atoms with Crippen LogP contribution in [0.5, 0.6) is 0 Å². The molecule has 0 spiro atoms. The van der Waals surface area contributed by atoms with E-state index in [1.807, 2.05) is 24.3 Å². The van der Waals surface area contributed by atoms with Crippen LogP contribution in [-0.2, 0) is 0 Å². The lowest BCUT2D eigenvalue weighted by Gasteiger charge is -1.99. The minimum absolute atomic E-state index is 0.136. The van der Waals surface area contributed by atoms with Gasteiger partial charge in [0.2, 0.25) is 5.91 Å². The van der Waals surface area contributed by atoms with E-state index in [1.165, 1.54) is 17.6 Å². The minimum atomic E-state index is -0.317. The van der Waals surface area contributed by atoms with Crippen LogP contribution in [0.1, 0.15) is 11.7 Å². The number of aromatic amines is 1. The first-order valence-corrected chi connectivity index (χ1v) is 5.18. The fraction of sp³-hybridized carbons (Fsp3) is 0.0833. The number of H-pyrrole nitrogens is 1. The standard InChI is InChI=1S/C12H9N3O2/c1-7(16)15-9-5-3-2-4-8(9)12-10(15)6-11(17)13-14-12/h2-6H,1H3,(H,13,17). The molecule has 0 fully saturated rings. The molecule has 0 bridgehead atoms. The van der Waals surface area contributed by atoms with Crippen molar-refractivity contribution in [3.8, 4) is 0 Å². The number of para-hydroxylation sites is 1. The number of rotatable bonds is 0. The van der Waals surface area contributed by atoms with Gasteiger partial charge in [-0.05, 0) is 6.07 Å². The molecule has 1 N–H and O–H groups in total. The maximum absolute atomic E-state index is 11.7. The first-order valence-electron chi connectivity index (χ1n) is 5.18. The van der Waals surface area contributed by atoms with Gasteiger partial charge >= 0.3 is 0 Å². The van der Waals surface area contributed by atoms with Crippen molar-refractivity contribution >= 4 is 27.8 Å². The van der Waals surface area contributed by atoms with Gasteiger partial charge in [0.25, 0.3) is 5.56 Å². The predicted octanol–water partition coefficient (Wildman–Crippen LogP) is 1.54. The van der Waals surface area contributed by atoms with Crippen molar-refractivity contribution in [1.29, 1.82) is 0 Å². The summed E-state index contributed by atoms with van der Waals surface area (Å²) in [4.78, 5) is 23.0. The number of benzene rings is 1. The Labute approximate surface area is 95.7 Å². The van der Waals surface area contributed by atoms with E-state index >= 15 is 0 Å². The Balaban J connectivity index is 2.67. The average molecular weight is 227 g/mol. The lowest BCUT2D eigenvalue weighted by molar-refractivity contribution is 0.0946. The molecule has 0 amide bonds. The number of fused-ring (bicyclic) bond motifs is 3. The number of hydrogen-bond acceptors (Lipinski definition) is 3. The zero-order chi connectivity index (χ0) is 12.0. The third kappa shape index (κ3) is 1.29. The van der Waals surface area contributed by atoms with E-state index in [0.717, 1.165) is 10.9 Å². The zero-order valence-electron chi connectivity index (χ0n) is 9.10. The van der Waals surface area contributed by atoms with Gasteiger partial charge in [-0.25, -0.2) is 5.10 Å². The Morgan fingerprint density at radius 2 is 2.06 bits per heavy atom. The highest BCUT2D eigenvalue weighted by Crippen LogP contribution is 2.25. The number of carbonyl (C=O) groups excluding carboxylic acids is 1. The van der Waals surface area contributed by atoms with Crippen molar-refractivity contribution in [2.75, 3.05) is 0 Å². The van der Waals surface area contributed by atoms with Gasteiger partial charge in [-0.1, -0.05) is 18.2 Å². The van der Waals surface area contributed by atoms with Gasteiger partial charge in [0.15, 0.2) is 0 Å². The molecular weight excluding hydrogens is 218 g/mol. The fourth-order valence-electron chi connectivity index (χ4n) is 2.10. The Bertz CT molecular complexity index is 798. The number of aromatic nitrogens is 3. The summed E-state index contributed by atoms with van der Waals surface area (Å²) < 4.78 is 1.51. The molecule has 0 aliphatic carbocycles. The minimum Gasteiger partial charge on any atom is -0.278 e. The van der Waals surface area contributed by atoms with E-state index in [0.29, 0.717) is 11.0 Å². The Morgan fingerprint density at radius 1 is 1.29 bits per heavy atom. The van der Waals surface area contributed by atoms with Gasteiger partial charge in [0, 0.05) is 18.4 Å². The Hall–Kier alpha value is -2.43. The quantitative estimate of drug-likeness (QED) is 0.633. The topological polar surface area (TPSA) is 67.8 Å². The molecule has 3 aromatic rings. The van der Waals surface area contributed by atoms with E-state index in [2.05, 4.69) is 10.2 Å². The van der Waals surface area contributed by atoms with Crippen LogP contribution in [0.2, 0.25) is 0 Å². The maximum atomic E-state index is 11.7. The van der Waals surface area contributed by atoms with Crippen LogP contribution in [0.25, 0.3) is 21.9 Å².